The highest BCUT2D eigenvalue weighted by Crippen LogP contribution is 2.29. The third-order valence-electron chi connectivity index (χ3n) is 2.50. The molecule has 0 saturated carbocycles. The van der Waals surface area contributed by atoms with Crippen molar-refractivity contribution in [2.45, 2.75) is 10.6 Å². The van der Waals surface area contributed by atoms with Crippen LogP contribution in [-0.4, -0.2) is 7.11 Å². The highest BCUT2D eigenvalue weighted by atomic mass is 32.2. The van der Waals surface area contributed by atoms with Gasteiger partial charge in [-0.25, -0.2) is 4.39 Å². The lowest BCUT2D eigenvalue weighted by Gasteiger charge is -2.09. The fourth-order valence-electron chi connectivity index (χ4n) is 1.60. The average Bonchev–Trinajstić information content (AvgIpc) is 2.37. The normalized spacial score (nSPS) is 10.3. The van der Waals surface area contributed by atoms with Crippen LogP contribution < -0.4 is 10.5 Å². The van der Waals surface area contributed by atoms with Crippen molar-refractivity contribution in [2.24, 2.45) is 0 Å². The highest BCUT2D eigenvalue weighted by molar-refractivity contribution is 7.98. The summed E-state index contributed by atoms with van der Waals surface area (Å²) in [4.78, 5) is 0.897. The van der Waals surface area contributed by atoms with Crippen LogP contribution in [0.15, 0.2) is 47.4 Å². The second-order valence-electron chi connectivity index (χ2n) is 3.82. The van der Waals surface area contributed by atoms with Crippen LogP contribution in [0, 0.1) is 5.82 Å². The average molecular weight is 263 g/mol. The molecule has 0 fully saturated rings. The van der Waals surface area contributed by atoms with Gasteiger partial charge in [-0.3, -0.25) is 0 Å². The molecule has 0 unspecified atom stereocenters. The maximum Gasteiger partial charge on any atom is 0.124 e. The molecular formula is C14H14FNOS. The molecule has 2 rings (SSSR count). The van der Waals surface area contributed by atoms with E-state index in [-0.39, 0.29) is 5.82 Å². The number of ether oxygens (including phenoxy) is 1. The largest absolute Gasteiger partial charge is 0.496 e. The van der Waals surface area contributed by atoms with E-state index < -0.39 is 0 Å². The van der Waals surface area contributed by atoms with Gasteiger partial charge in [0, 0.05) is 28.0 Å². The number of hydrogen-bond acceptors (Lipinski definition) is 3. The van der Waals surface area contributed by atoms with E-state index in [1.165, 1.54) is 12.1 Å². The lowest BCUT2D eigenvalue weighted by atomic mass is 10.2. The van der Waals surface area contributed by atoms with E-state index in [0.717, 1.165) is 16.2 Å². The lowest BCUT2D eigenvalue weighted by Crippen LogP contribution is -1.93. The second-order valence-corrected chi connectivity index (χ2v) is 4.87. The molecule has 0 heterocycles. The number of benzene rings is 2. The van der Waals surface area contributed by atoms with Gasteiger partial charge in [0.05, 0.1) is 7.11 Å². The zero-order chi connectivity index (χ0) is 13.0. The zero-order valence-corrected chi connectivity index (χ0v) is 10.8. The first-order valence-corrected chi connectivity index (χ1v) is 6.48. The Kier molecular flexibility index (Phi) is 4.10. The number of nitrogen functional groups attached to an aromatic ring is 1. The van der Waals surface area contributed by atoms with Gasteiger partial charge in [-0.2, -0.15) is 0 Å². The highest BCUT2D eigenvalue weighted by Gasteiger charge is 2.04. The van der Waals surface area contributed by atoms with Gasteiger partial charge in [-0.15, -0.1) is 11.8 Å². The van der Waals surface area contributed by atoms with Crippen molar-refractivity contribution in [1.82, 2.24) is 0 Å². The summed E-state index contributed by atoms with van der Waals surface area (Å²) >= 11 is 1.56. The molecule has 0 bridgehead atoms. The Morgan fingerprint density at radius 2 is 2.06 bits per heavy atom. The quantitative estimate of drug-likeness (QED) is 0.674. The molecule has 0 radical (unpaired) electrons. The molecule has 2 aromatic rings. The molecule has 0 aliphatic heterocycles. The summed E-state index contributed by atoms with van der Waals surface area (Å²) in [5.41, 5.74) is 7.41. The van der Waals surface area contributed by atoms with Gasteiger partial charge < -0.3 is 10.5 Å². The monoisotopic (exact) mass is 263 g/mol. The first kappa shape index (κ1) is 12.8. The van der Waals surface area contributed by atoms with Gasteiger partial charge in [0.15, 0.2) is 0 Å². The number of methoxy groups -OCH3 is 1. The van der Waals surface area contributed by atoms with Crippen LogP contribution in [0.1, 0.15) is 5.56 Å². The van der Waals surface area contributed by atoms with Crippen LogP contribution in [0.25, 0.3) is 0 Å². The molecule has 0 spiro atoms. The number of thioether (sulfide) groups is 1. The Morgan fingerprint density at radius 1 is 1.22 bits per heavy atom. The second kappa shape index (κ2) is 5.78. The SMILES string of the molecule is COc1cc(N)ccc1CSc1cccc(F)c1. The molecule has 2 nitrogen and oxygen atoms in total. The van der Waals surface area contributed by atoms with Crippen LogP contribution in [-0.2, 0) is 5.75 Å². The van der Waals surface area contributed by atoms with Gasteiger partial charge >= 0.3 is 0 Å². The molecule has 0 amide bonds. The summed E-state index contributed by atoms with van der Waals surface area (Å²) in [6, 6.07) is 12.1. The minimum atomic E-state index is -0.218. The van der Waals surface area contributed by atoms with E-state index >= 15 is 0 Å². The topological polar surface area (TPSA) is 35.2 Å². The smallest absolute Gasteiger partial charge is 0.124 e. The van der Waals surface area contributed by atoms with Crippen molar-refractivity contribution in [3.8, 4) is 5.75 Å². The Morgan fingerprint density at radius 3 is 2.78 bits per heavy atom. The maximum absolute atomic E-state index is 13.0. The van der Waals surface area contributed by atoms with Crippen molar-refractivity contribution in [2.75, 3.05) is 12.8 Å². The Bertz CT molecular complexity index is 545. The summed E-state index contributed by atoms with van der Waals surface area (Å²) in [5.74, 6) is 1.26. The van der Waals surface area contributed by atoms with Crippen molar-refractivity contribution in [3.63, 3.8) is 0 Å². The zero-order valence-electron chi connectivity index (χ0n) is 10.0. The summed E-state index contributed by atoms with van der Waals surface area (Å²) < 4.78 is 18.3. The van der Waals surface area contributed by atoms with Crippen LogP contribution in [0.4, 0.5) is 10.1 Å². The first-order valence-electron chi connectivity index (χ1n) is 5.50. The van der Waals surface area contributed by atoms with Gasteiger partial charge in [0.25, 0.3) is 0 Å². The number of anilines is 1. The number of rotatable bonds is 4. The minimum absolute atomic E-state index is 0.218. The van der Waals surface area contributed by atoms with Crippen molar-refractivity contribution < 1.29 is 9.13 Å². The van der Waals surface area contributed by atoms with Crippen LogP contribution in [0.2, 0.25) is 0 Å². The summed E-state index contributed by atoms with van der Waals surface area (Å²) in [6.07, 6.45) is 0. The van der Waals surface area contributed by atoms with E-state index in [1.807, 2.05) is 18.2 Å². The fraction of sp³-hybridized carbons (Fsp3) is 0.143. The third kappa shape index (κ3) is 3.17. The van der Waals surface area contributed by atoms with E-state index in [9.17, 15) is 4.39 Å². The number of hydrogen-bond donors (Lipinski definition) is 1. The molecular weight excluding hydrogens is 249 g/mol. The third-order valence-corrected chi connectivity index (χ3v) is 3.54. The van der Waals surface area contributed by atoms with Crippen molar-refractivity contribution >= 4 is 17.4 Å². The van der Waals surface area contributed by atoms with Crippen molar-refractivity contribution in [3.05, 3.63) is 53.8 Å². The van der Waals surface area contributed by atoms with E-state index in [1.54, 1.807) is 31.0 Å². The fourth-order valence-corrected chi connectivity index (χ4v) is 2.53. The van der Waals surface area contributed by atoms with Crippen molar-refractivity contribution in [1.29, 1.82) is 0 Å². The summed E-state index contributed by atoms with van der Waals surface area (Å²) in [5, 5.41) is 0. The van der Waals surface area contributed by atoms with Crippen LogP contribution in [0.5, 0.6) is 5.75 Å². The molecule has 2 N–H and O–H groups in total. The van der Waals surface area contributed by atoms with Crippen LogP contribution >= 0.6 is 11.8 Å². The maximum atomic E-state index is 13.0. The molecule has 0 atom stereocenters. The van der Waals surface area contributed by atoms with Crippen LogP contribution in [0.3, 0.4) is 0 Å². The molecule has 0 aliphatic rings. The minimum Gasteiger partial charge on any atom is -0.496 e. The summed E-state index contributed by atoms with van der Waals surface area (Å²) in [6.45, 7) is 0. The molecule has 18 heavy (non-hydrogen) atoms. The van der Waals surface area contributed by atoms with Gasteiger partial charge in [-0.1, -0.05) is 12.1 Å². The van der Waals surface area contributed by atoms with E-state index in [4.69, 9.17) is 10.5 Å². The molecule has 0 aliphatic carbocycles. The molecule has 4 heteroatoms. The molecule has 94 valence electrons. The standard InChI is InChI=1S/C14H14FNOS/c1-17-14-8-12(16)6-5-10(14)9-18-13-4-2-3-11(15)7-13/h2-8H,9,16H2,1H3. The molecule has 2 aromatic carbocycles. The van der Waals surface area contributed by atoms with Gasteiger partial charge in [-0.05, 0) is 24.3 Å². The summed E-state index contributed by atoms with van der Waals surface area (Å²) in [7, 11) is 1.62. The first-order chi connectivity index (χ1) is 8.69. The van der Waals surface area contributed by atoms with E-state index in [0.29, 0.717) is 11.4 Å². The lowest BCUT2D eigenvalue weighted by molar-refractivity contribution is 0.411. The predicted octanol–water partition coefficient (Wildman–Crippen LogP) is 3.71. The number of halogens is 1. The van der Waals surface area contributed by atoms with Gasteiger partial charge in [0.2, 0.25) is 0 Å². The Labute approximate surface area is 110 Å². The number of nitrogens with two attached hydrogens (primary N) is 1. The van der Waals surface area contributed by atoms with E-state index in [2.05, 4.69) is 0 Å². The predicted molar refractivity (Wildman–Crippen MR) is 73.4 cm³/mol. The Hall–Kier alpha value is -1.68. The Balaban J connectivity index is 2.10. The molecule has 0 aromatic heterocycles. The van der Waals surface area contributed by atoms with Gasteiger partial charge in [0.1, 0.15) is 11.6 Å². The molecule has 0 saturated heterocycles.